The quantitative estimate of drug-likeness (QED) is 0.416. The summed E-state index contributed by atoms with van der Waals surface area (Å²) in [5.74, 6) is 0. The van der Waals surface area contributed by atoms with Crippen molar-refractivity contribution < 1.29 is 18.0 Å². The van der Waals surface area contributed by atoms with E-state index in [0.29, 0.717) is 26.4 Å². The third-order valence-electron chi connectivity index (χ3n) is 2.61. The van der Waals surface area contributed by atoms with Crippen LogP contribution in [0.1, 0.15) is 34.1 Å². The van der Waals surface area contributed by atoms with Gasteiger partial charge in [0.05, 0.1) is 6.10 Å². The van der Waals surface area contributed by atoms with Crippen molar-refractivity contribution in [3.8, 4) is 0 Å². The van der Waals surface area contributed by atoms with E-state index in [1.807, 2.05) is 27.8 Å². The van der Waals surface area contributed by atoms with E-state index < -0.39 is 8.80 Å². The maximum atomic E-state index is 5.79. The van der Waals surface area contributed by atoms with Crippen LogP contribution in [0.2, 0.25) is 6.04 Å². The van der Waals surface area contributed by atoms with E-state index in [1.54, 1.807) is 0 Å². The fourth-order valence-electron chi connectivity index (χ4n) is 1.92. The standard InChI is InChI=1S/C13H31NO4Si/c1-6-16-19(17-7-2,18-8-3)11-9-10-15-13(4)12-14-5/h13-14H,6-12H2,1-5H3. The Morgan fingerprint density at radius 3 is 1.95 bits per heavy atom. The Morgan fingerprint density at radius 1 is 1.00 bits per heavy atom. The topological polar surface area (TPSA) is 49.0 Å². The first kappa shape index (κ1) is 19.0. The van der Waals surface area contributed by atoms with Crippen LogP contribution in [0.3, 0.4) is 0 Å². The minimum absolute atomic E-state index is 0.229. The second kappa shape index (κ2) is 11.8. The lowest BCUT2D eigenvalue weighted by molar-refractivity contribution is 0.0515. The van der Waals surface area contributed by atoms with Crippen molar-refractivity contribution in [1.82, 2.24) is 5.32 Å². The predicted molar refractivity (Wildman–Crippen MR) is 79.4 cm³/mol. The van der Waals surface area contributed by atoms with Gasteiger partial charge in [-0.05, 0) is 41.2 Å². The summed E-state index contributed by atoms with van der Waals surface area (Å²) in [6.07, 6.45) is 1.13. The molecule has 5 nitrogen and oxygen atoms in total. The average molecular weight is 293 g/mol. The zero-order chi connectivity index (χ0) is 14.6. The molecule has 0 aromatic carbocycles. The van der Waals surface area contributed by atoms with Crippen molar-refractivity contribution in [2.45, 2.75) is 46.3 Å². The summed E-state index contributed by atoms with van der Waals surface area (Å²) >= 11 is 0. The fourth-order valence-corrected chi connectivity index (χ4v) is 4.50. The van der Waals surface area contributed by atoms with Crippen LogP contribution < -0.4 is 5.32 Å². The molecule has 19 heavy (non-hydrogen) atoms. The lowest BCUT2D eigenvalue weighted by atomic mass is 10.4. The fraction of sp³-hybridized carbons (Fsp3) is 1.00. The van der Waals surface area contributed by atoms with Gasteiger partial charge in [-0.2, -0.15) is 0 Å². The molecule has 0 saturated carbocycles. The van der Waals surface area contributed by atoms with Gasteiger partial charge in [-0.15, -0.1) is 0 Å². The molecular formula is C13H31NO4Si. The Morgan fingerprint density at radius 2 is 1.53 bits per heavy atom. The lowest BCUT2D eigenvalue weighted by Gasteiger charge is -2.28. The SMILES string of the molecule is CCO[Si](CCCOC(C)CNC)(OCC)OCC. The molecule has 1 atom stereocenters. The third-order valence-corrected chi connectivity index (χ3v) is 5.77. The monoisotopic (exact) mass is 293 g/mol. The van der Waals surface area contributed by atoms with Gasteiger partial charge in [-0.3, -0.25) is 0 Å². The maximum absolute atomic E-state index is 5.79. The molecular weight excluding hydrogens is 262 g/mol. The molecule has 0 radical (unpaired) electrons. The van der Waals surface area contributed by atoms with Crippen LogP contribution in [0, 0.1) is 0 Å². The van der Waals surface area contributed by atoms with Crippen molar-refractivity contribution in [1.29, 1.82) is 0 Å². The summed E-state index contributed by atoms with van der Waals surface area (Å²) in [5, 5.41) is 3.10. The van der Waals surface area contributed by atoms with Crippen LogP contribution in [0.5, 0.6) is 0 Å². The highest BCUT2D eigenvalue weighted by atomic mass is 28.4. The van der Waals surface area contributed by atoms with E-state index in [1.165, 1.54) is 0 Å². The predicted octanol–water partition coefficient (Wildman–Crippen LogP) is 2.05. The zero-order valence-electron chi connectivity index (χ0n) is 13.2. The van der Waals surface area contributed by atoms with Crippen LogP contribution in [-0.4, -0.2) is 54.9 Å². The highest BCUT2D eigenvalue weighted by Gasteiger charge is 2.39. The van der Waals surface area contributed by atoms with Gasteiger partial charge in [0.2, 0.25) is 0 Å². The Bertz CT molecular complexity index is 190. The molecule has 0 aromatic heterocycles. The molecule has 0 heterocycles. The van der Waals surface area contributed by atoms with E-state index in [0.717, 1.165) is 19.0 Å². The Hall–Kier alpha value is 0.0169. The zero-order valence-corrected chi connectivity index (χ0v) is 14.2. The summed E-state index contributed by atoms with van der Waals surface area (Å²) in [7, 11) is -0.554. The van der Waals surface area contributed by atoms with Crippen LogP contribution >= 0.6 is 0 Å². The minimum atomic E-state index is -2.48. The molecule has 6 heteroatoms. The summed E-state index contributed by atoms with van der Waals surface area (Å²) in [5.41, 5.74) is 0. The molecule has 1 N–H and O–H groups in total. The van der Waals surface area contributed by atoms with Crippen LogP contribution in [0.4, 0.5) is 0 Å². The van der Waals surface area contributed by atoms with Crippen molar-refractivity contribution >= 4 is 8.80 Å². The Balaban J connectivity index is 4.09. The Kier molecular flexibility index (Phi) is 11.8. The van der Waals surface area contributed by atoms with Gasteiger partial charge >= 0.3 is 8.80 Å². The van der Waals surface area contributed by atoms with E-state index in [9.17, 15) is 0 Å². The van der Waals surface area contributed by atoms with Gasteiger partial charge in [0.1, 0.15) is 0 Å². The van der Waals surface area contributed by atoms with Crippen molar-refractivity contribution in [3.05, 3.63) is 0 Å². The molecule has 0 saturated heterocycles. The van der Waals surface area contributed by atoms with Crippen LogP contribution in [0.15, 0.2) is 0 Å². The number of rotatable bonds is 13. The molecule has 1 unspecified atom stereocenters. The summed E-state index contributed by atoms with van der Waals surface area (Å²) in [6, 6.07) is 0.814. The van der Waals surface area contributed by atoms with Gasteiger partial charge in [-0.25, -0.2) is 0 Å². The highest BCUT2D eigenvalue weighted by Crippen LogP contribution is 2.18. The third kappa shape index (κ3) is 8.72. The summed E-state index contributed by atoms with van der Waals surface area (Å²) < 4.78 is 23.1. The number of nitrogens with one attached hydrogen (secondary N) is 1. The molecule has 0 aliphatic carbocycles. The van der Waals surface area contributed by atoms with E-state index in [2.05, 4.69) is 12.2 Å². The smallest absolute Gasteiger partial charge is 0.377 e. The van der Waals surface area contributed by atoms with Crippen LogP contribution in [-0.2, 0) is 18.0 Å². The first-order valence-corrected chi connectivity index (χ1v) is 9.25. The van der Waals surface area contributed by atoms with Gasteiger partial charge in [-0.1, -0.05) is 0 Å². The molecule has 0 rings (SSSR count). The van der Waals surface area contributed by atoms with E-state index in [-0.39, 0.29) is 6.10 Å². The molecule has 0 fully saturated rings. The molecule has 0 bridgehead atoms. The normalized spacial score (nSPS) is 13.7. The van der Waals surface area contributed by atoms with Gasteiger partial charge in [0, 0.05) is 39.0 Å². The average Bonchev–Trinajstić information content (AvgIpc) is 2.36. The molecule has 0 aliphatic heterocycles. The second-order valence-corrected chi connectivity index (χ2v) is 7.06. The van der Waals surface area contributed by atoms with Gasteiger partial charge < -0.3 is 23.3 Å². The van der Waals surface area contributed by atoms with Gasteiger partial charge in [0.15, 0.2) is 0 Å². The van der Waals surface area contributed by atoms with Crippen molar-refractivity contribution in [2.75, 3.05) is 40.0 Å². The van der Waals surface area contributed by atoms with E-state index in [4.69, 9.17) is 18.0 Å². The lowest BCUT2D eigenvalue weighted by Crippen LogP contribution is -2.46. The second-order valence-electron chi connectivity index (χ2n) is 4.32. The number of likely N-dealkylation sites (N-methyl/N-ethyl adjacent to an activating group) is 1. The Labute approximate surface area is 119 Å². The molecule has 0 aliphatic rings. The van der Waals surface area contributed by atoms with Crippen molar-refractivity contribution in [3.63, 3.8) is 0 Å². The number of hydrogen-bond acceptors (Lipinski definition) is 5. The number of ether oxygens (including phenoxy) is 1. The molecule has 0 amide bonds. The molecule has 116 valence electrons. The maximum Gasteiger partial charge on any atom is 0.501 e. The first-order chi connectivity index (χ1) is 9.14. The first-order valence-electron chi connectivity index (χ1n) is 7.32. The van der Waals surface area contributed by atoms with Gasteiger partial charge in [0.25, 0.3) is 0 Å². The molecule has 0 spiro atoms. The van der Waals surface area contributed by atoms with Crippen molar-refractivity contribution in [2.24, 2.45) is 0 Å². The highest BCUT2D eigenvalue weighted by molar-refractivity contribution is 6.60. The minimum Gasteiger partial charge on any atom is -0.377 e. The number of hydrogen-bond donors (Lipinski definition) is 1. The van der Waals surface area contributed by atoms with Crippen LogP contribution in [0.25, 0.3) is 0 Å². The largest absolute Gasteiger partial charge is 0.501 e. The summed E-state index contributed by atoms with van der Waals surface area (Å²) in [6.45, 7) is 11.5. The molecule has 0 aromatic rings. The summed E-state index contributed by atoms with van der Waals surface area (Å²) in [4.78, 5) is 0. The van der Waals surface area contributed by atoms with E-state index >= 15 is 0 Å².